The van der Waals surface area contributed by atoms with Crippen LogP contribution in [0, 0.1) is 11.6 Å². The molecule has 1 rings (SSSR count). The van der Waals surface area contributed by atoms with Gasteiger partial charge in [0.15, 0.2) is 11.6 Å². The zero-order valence-electron chi connectivity index (χ0n) is 7.18. The highest BCUT2D eigenvalue weighted by Gasteiger charge is 2.39. The first kappa shape index (κ1) is 14.1. The van der Waals surface area contributed by atoms with Gasteiger partial charge in [-0.25, -0.2) is 8.78 Å². The Bertz CT molecular complexity index is 338. The summed E-state index contributed by atoms with van der Waals surface area (Å²) in [4.78, 5) is 0. The van der Waals surface area contributed by atoms with E-state index in [4.69, 9.17) is 5.73 Å². The molecule has 86 valence electrons. The number of rotatable bonds is 1. The molecule has 0 fully saturated rings. The van der Waals surface area contributed by atoms with E-state index in [9.17, 15) is 22.0 Å². The predicted octanol–water partition coefficient (Wildman–Crippen LogP) is 2.95. The zero-order chi connectivity index (χ0) is 10.9. The van der Waals surface area contributed by atoms with Gasteiger partial charge >= 0.3 is 6.18 Å². The van der Waals surface area contributed by atoms with E-state index in [0.717, 1.165) is 18.2 Å². The van der Waals surface area contributed by atoms with E-state index in [2.05, 4.69) is 0 Å². The summed E-state index contributed by atoms with van der Waals surface area (Å²) in [6, 6.07) is -0.00381. The van der Waals surface area contributed by atoms with Gasteiger partial charge in [0.05, 0.1) is 0 Å². The monoisotopic (exact) mass is 247 g/mol. The molecule has 0 aromatic heterocycles. The van der Waals surface area contributed by atoms with Crippen molar-refractivity contribution < 1.29 is 22.0 Å². The van der Waals surface area contributed by atoms with Crippen molar-refractivity contribution in [3.63, 3.8) is 0 Å². The van der Waals surface area contributed by atoms with Crippen molar-refractivity contribution in [2.45, 2.75) is 12.2 Å². The van der Waals surface area contributed by atoms with Crippen LogP contribution in [0.15, 0.2) is 18.2 Å². The van der Waals surface area contributed by atoms with Crippen molar-refractivity contribution in [3.8, 4) is 0 Å². The van der Waals surface area contributed by atoms with Gasteiger partial charge in [-0.05, 0) is 6.07 Å². The summed E-state index contributed by atoms with van der Waals surface area (Å²) in [7, 11) is 0. The van der Waals surface area contributed by atoms with Crippen LogP contribution in [-0.2, 0) is 0 Å². The maximum Gasteiger partial charge on any atom is 0.407 e. The molecule has 0 radical (unpaired) electrons. The van der Waals surface area contributed by atoms with Crippen LogP contribution in [0.3, 0.4) is 0 Å². The van der Waals surface area contributed by atoms with Gasteiger partial charge in [-0.3, -0.25) is 0 Å². The van der Waals surface area contributed by atoms with Gasteiger partial charge in [-0.1, -0.05) is 12.1 Å². The first-order valence-corrected chi connectivity index (χ1v) is 3.60. The van der Waals surface area contributed by atoms with Crippen LogP contribution in [0.5, 0.6) is 0 Å². The molecular formula is C8H7ClF5N. The standard InChI is InChI=1S/C8H6F5N.ClH/c9-5-3-1-2-4(6(5)10)7(14)8(11,12)13;/h1-3,7H,14H2;1H/t7-;/m0./s1. The summed E-state index contributed by atoms with van der Waals surface area (Å²) in [5, 5.41) is 0. The normalized spacial score (nSPS) is 13.2. The van der Waals surface area contributed by atoms with Gasteiger partial charge in [-0.15, -0.1) is 12.4 Å². The van der Waals surface area contributed by atoms with Crippen molar-refractivity contribution in [2.24, 2.45) is 5.73 Å². The topological polar surface area (TPSA) is 26.0 Å². The molecule has 0 heterocycles. The van der Waals surface area contributed by atoms with E-state index in [0.29, 0.717) is 0 Å². The van der Waals surface area contributed by atoms with Gasteiger partial charge < -0.3 is 5.73 Å². The Hall–Kier alpha value is -0.880. The van der Waals surface area contributed by atoms with Gasteiger partial charge in [0.2, 0.25) is 0 Å². The number of halogens is 6. The molecule has 0 aliphatic rings. The second kappa shape index (κ2) is 4.76. The Balaban J connectivity index is 0.00000196. The molecule has 0 unspecified atom stereocenters. The van der Waals surface area contributed by atoms with Gasteiger partial charge in [0.1, 0.15) is 6.04 Å². The van der Waals surface area contributed by atoms with Gasteiger partial charge in [0.25, 0.3) is 0 Å². The van der Waals surface area contributed by atoms with Crippen LogP contribution in [0.2, 0.25) is 0 Å². The smallest absolute Gasteiger partial charge is 0.316 e. The third kappa shape index (κ3) is 3.04. The molecule has 1 aromatic carbocycles. The van der Waals surface area contributed by atoms with Gasteiger partial charge in [-0.2, -0.15) is 13.2 Å². The summed E-state index contributed by atoms with van der Waals surface area (Å²) in [5.74, 6) is -2.90. The average molecular weight is 248 g/mol. The van der Waals surface area contributed by atoms with Crippen molar-refractivity contribution in [3.05, 3.63) is 35.4 Å². The molecule has 1 nitrogen and oxygen atoms in total. The first-order chi connectivity index (χ1) is 6.34. The van der Waals surface area contributed by atoms with Gasteiger partial charge in [0, 0.05) is 5.56 Å². The molecule has 0 saturated carbocycles. The molecular weight excluding hydrogens is 241 g/mol. The minimum atomic E-state index is -4.78. The number of nitrogens with two attached hydrogens (primary N) is 1. The molecule has 0 amide bonds. The van der Waals surface area contributed by atoms with Crippen LogP contribution < -0.4 is 5.73 Å². The lowest BCUT2D eigenvalue weighted by Gasteiger charge is -2.16. The Labute approximate surface area is 88.5 Å². The van der Waals surface area contributed by atoms with Crippen molar-refractivity contribution >= 4 is 12.4 Å². The maximum absolute atomic E-state index is 12.8. The molecule has 0 saturated heterocycles. The number of benzene rings is 1. The molecule has 0 bridgehead atoms. The fourth-order valence-corrected chi connectivity index (χ4v) is 0.937. The van der Waals surface area contributed by atoms with E-state index < -0.39 is 29.4 Å². The van der Waals surface area contributed by atoms with Crippen molar-refractivity contribution in [1.29, 1.82) is 0 Å². The van der Waals surface area contributed by atoms with Crippen molar-refractivity contribution in [2.75, 3.05) is 0 Å². The van der Waals surface area contributed by atoms with Crippen LogP contribution in [0.25, 0.3) is 0 Å². The molecule has 7 heteroatoms. The Morgan fingerprint density at radius 3 is 2.13 bits per heavy atom. The Morgan fingerprint density at radius 2 is 1.67 bits per heavy atom. The first-order valence-electron chi connectivity index (χ1n) is 3.60. The summed E-state index contributed by atoms with van der Waals surface area (Å²) in [6.07, 6.45) is -4.78. The summed E-state index contributed by atoms with van der Waals surface area (Å²) in [5.41, 5.74) is 3.82. The van der Waals surface area contributed by atoms with Crippen molar-refractivity contribution in [1.82, 2.24) is 0 Å². The lowest BCUT2D eigenvalue weighted by Crippen LogP contribution is -2.29. The molecule has 0 spiro atoms. The SMILES string of the molecule is Cl.N[C@@H](c1cccc(F)c1F)C(F)(F)F. The quantitative estimate of drug-likeness (QED) is 0.759. The summed E-state index contributed by atoms with van der Waals surface area (Å²) < 4.78 is 61.5. The lowest BCUT2D eigenvalue weighted by molar-refractivity contribution is -0.149. The van der Waals surface area contributed by atoms with E-state index in [1.807, 2.05) is 0 Å². The highest BCUT2D eigenvalue weighted by molar-refractivity contribution is 5.85. The molecule has 2 N–H and O–H groups in total. The second-order valence-electron chi connectivity index (χ2n) is 2.66. The summed E-state index contributed by atoms with van der Waals surface area (Å²) in [6.45, 7) is 0. The lowest BCUT2D eigenvalue weighted by atomic mass is 10.1. The molecule has 1 atom stereocenters. The summed E-state index contributed by atoms with van der Waals surface area (Å²) >= 11 is 0. The zero-order valence-corrected chi connectivity index (χ0v) is 8.00. The fraction of sp³-hybridized carbons (Fsp3) is 0.250. The Morgan fingerprint density at radius 1 is 1.13 bits per heavy atom. The minimum Gasteiger partial charge on any atom is -0.316 e. The van der Waals surface area contributed by atoms with E-state index in [1.165, 1.54) is 0 Å². The van der Waals surface area contributed by atoms with E-state index >= 15 is 0 Å². The highest BCUT2D eigenvalue weighted by Crippen LogP contribution is 2.32. The average Bonchev–Trinajstić information content (AvgIpc) is 2.07. The molecule has 1 aromatic rings. The Kier molecular flexibility index (Phi) is 4.48. The third-order valence-corrected chi connectivity index (χ3v) is 1.67. The number of hydrogen-bond acceptors (Lipinski definition) is 1. The molecule has 15 heavy (non-hydrogen) atoms. The maximum atomic E-state index is 12.8. The minimum absolute atomic E-state index is 0. The van der Waals surface area contributed by atoms with Crippen LogP contribution in [0.1, 0.15) is 11.6 Å². The van der Waals surface area contributed by atoms with E-state index in [-0.39, 0.29) is 12.4 Å². The number of hydrogen-bond donors (Lipinski definition) is 1. The predicted molar refractivity (Wildman–Crippen MR) is 46.6 cm³/mol. The van der Waals surface area contributed by atoms with E-state index in [1.54, 1.807) is 0 Å². The molecule has 0 aliphatic carbocycles. The second-order valence-corrected chi connectivity index (χ2v) is 2.66. The highest BCUT2D eigenvalue weighted by atomic mass is 35.5. The largest absolute Gasteiger partial charge is 0.407 e. The third-order valence-electron chi connectivity index (χ3n) is 1.67. The fourth-order valence-electron chi connectivity index (χ4n) is 0.937. The van der Waals surface area contributed by atoms with Crippen LogP contribution in [-0.4, -0.2) is 6.18 Å². The van der Waals surface area contributed by atoms with Crippen LogP contribution in [0.4, 0.5) is 22.0 Å². The number of alkyl halides is 3. The van der Waals surface area contributed by atoms with Crippen LogP contribution >= 0.6 is 12.4 Å². The molecule has 0 aliphatic heterocycles.